The van der Waals surface area contributed by atoms with E-state index in [4.69, 9.17) is 0 Å². The van der Waals surface area contributed by atoms with Gasteiger partial charge >= 0.3 is 0 Å². The molecule has 6 heteroatoms. The Morgan fingerprint density at radius 3 is 2.75 bits per heavy atom. The second-order valence-corrected chi connectivity index (χ2v) is 8.46. The summed E-state index contributed by atoms with van der Waals surface area (Å²) in [4.78, 5) is 10.6. The van der Waals surface area contributed by atoms with E-state index in [-0.39, 0.29) is 0 Å². The van der Waals surface area contributed by atoms with E-state index in [0.717, 1.165) is 25.6 Å². The van der Waals surface area contributed by atoms with Gasteiger partial charge in [0.15, 0.2) is 5.96 Å². The summed E-state index contributed by atoms with van der Waals surface area (Å²) in [6.45, 7) is 3.90. The summed E-state index contributed by atoms with van der Waals surface area (Å²) in [6.07, 6.45) is 2.52. The van der Waals surface area contributed by atoms with Gasteiger partial charge in [-0.05, 0) is 55.9 Å². The first-order valence-corrected chi connectivity index (χ1v) is 11.0. The van der Waals surface area contributed by atoms with Crippen LogP contribution in [0.25, 0.3) is 0 Å². The molecule has 1 saturated heterocycles. The number of thiophene rings is 1. The van der Waals surface area contributed by atoms with Crippen LogP contribution in [0.5, 0.6) is 0 Å². The quantitative estimate of drug-likeness (QED) is 0.553. The van der Waals surface area contributed by atoms with E-state index in [1.165, 1.54) is 30.0 Å². The standard InChI is InChI=1S/C22H33N5S/c1-23-22(24-13-15-26(2)19-10-5-4-6-11-19)25-17-18-9-7-14-27(3)21(18)20-12-8-16-28-20/h4-6,8,10-12,16,18,21H,7,9,13-15,17H2,1-3H3,(H2,23,24,25). The fourth-order valence-corrected chi connectivity index (χ4v) is 4.97. The number of nitrogens with one attached hydrogen (secondary N) is 2. The maximum atomic E-state index is 4.41. The van der Waals surface area contributed by atoms with Crippen LogP contribution in [-0.4, -0.2) is 58.2 Å². The lowest BCUT2D eigenvalue weighted by Crippen LogP contribution is -2.46. The van der Waals surface area contributed by atoms with Gasteiger partial charge in [0, 0.05) is 50.3 Å². The van der Waals surface area contributed by atoms with Crippen LogP contribution >= 0.6 is 11.3 Å². The average Bonchev–Trinajstić information content (AvgIpc) is 3.25. The third-order valence-electron chi connectivity index (χ3n) is 5.53. The number of hydrogen-bond donors (Lipinski definition) is 2. The van der Waals surface area contributed by atoms with Crippen molar-refractivity contribution in [2.24, 2.45) is 10.9 Å². The molecule has 2 aromatic rings. The number of rotatable bonds is 7. The van der Waals surface area contributed by atoms with Crippen molar-refractivity contribution in [1.29, 1.82) is 0 Å². The van der Waals surface area contributed by atoms with Crippen molar-refractivity contribution in [1.82, 2.24) is 15.5 Å². The van der Waals surface area contributed by atoms with E-state index < -0.39 is 0 Å². The van der Waals surface area contributed by atoms with Crippen molar-refractivity contribution >= 4 is 23.0 Å². The fraction of sp³-hybridized carbons (Fsp3) is 0.500. The van der Waals surface area contributed by atoms with Gasteiger partial charge in [-0.15, -0.1) is 11.3 Å². The SMILES string of the molecule is CN=C(NCCN(C)c1ccccc1)NCC1CCCN(C)C1c1cccs1. The highest BCUT2D eigenvalue weighted by molar-refractivity contribution is 7.10. The van der Waals surface area contributed by atoms with E-state index in [1.807, 2.05) is 24.5 Å². The highest BCUT2D eigenvalue weighted by atomic mass is 32.1. The van der Waals surface area contributed by atoms with Crippen LogP contribution < -0.4 is 15.5 Å². The second-order valence-electron chi connectivity index (χ2n) is 7.48. The molecule has 1 fully saturated rings. The molecule has 5 nitrogen and oxygen atoms in total. The molecule has 0 aliphatic carbocycles. The monoisotopic (exact) mass is 399 g/mol. The predicted molar refractivity (Wildman–Crippen MR) is 121 cm³/mol. The number of benzene rings is 1. The number of piperidine rings is 1. The Hall–Kier alpha value is -2.05. The number of likely N-dealkylation sites (N-methyl/N-ethyl adjacent to an activating group) is 1. The van der Waals surface area contributed by atoms with Gasteiger partial charge in [-0.3, -0.25) is 9.89 Å². The van der Waals surface area contributed by atoms with E-state index >= 15 is 0 Å². The molecule has 1 aliphatic rings. The van der Waals surface area contributed by atoms with Crippen LogP contribution in [-0.2, 0) is 0 Å². The van der Waals surface area contributed by atoms with Crippen molar-refractivity contribution in [2.45, 2.75) is 18.9 Å². The topological polar surface area (TPSA) is 42.9 Å². The minimum atomic E-state index is 0.503. The van der Waals surface area contributed by atoms with Crippen molar-refractivity contribution < 1.29 is 0 Å². The van der Waals surface area contributed by atoms with Crippen LogP contribution in [0.3, 0.4) is 0 Å². The Morgan fingerprint density at radius 2 is 2.04 bits per heavy atom. The minimum absolute atomic E-state index is 0.503. The van der Waals surface area contributed by atoms with Crippen LogP contribution in [0.4, 0.5) is 5.69 Å². The van der Waals surface area contributed by atoms with Gasteiger partial charge in [0.2, 0.25) is 0 Å². The van der Waals surface area contributed by atoms with Gasteiger partial charge in [0.25, 0.3) is 0 Å². The summed E-state index contributed by atoms with van der Waals surface area (Å²) in [7, 11) is 6.22. The molecule has 1 aromatic carbocycles. The molecule has 0 radical (unpaired) electrons. The van der Waals surface area contributed by atoms with Gasteiger partial charge in [-0.1, -0.05) is 24.3 Å². The third kappa shape index (κ3) is 5.49. The zero-order valence-corrected chi connectivity index (χ0v) is 18.1. The molecule has 3 rings (SSSR count). The third-order valence-corrected chi connectivity index (χ3v) is 6.48. The normalized spacial score (nSPS) is 20.8. The number of anilines is 1. The van der Waals surface area contributed by atoms with Crippen LogP contribution in [0.1, 0.15) is 23.8 Å². The number of hydrogen-bond acceptors (Lipinski definition) is 4. The molecule has 0 saturated carbocycles. The Balaban J connectivity index is 1.48. The number of nitrogens with zero attached hydrogens (tertiary/aromatic N) is 3. The first-order chi connectivity index (χ1) is 13.7. The van der Waals surface area contributed by atoms with Crippen LogP contribution in [0, 0.1) is 5.92 Å². The highest BCUT2D eigenvalue weighted by Gasteiger charge is 2.31. The predicted octanol–water partition coefficient (Wildman–Crippen LogP) is 3.43. The molecule has 1 aliphatic heterocycles. The van der Waals surface area contributed by atoms with Crippen molar-refractivity contribution in [3.05, 3.63) is 52.7 Å². The summed E-state index contributed by atoms with van der Waals surface area (Å²) in [6, 6.07) is 15.4. The van der Waals surface area contributed by atoms with Gasteiger partial charge < -0.3 is 15.5 Å². The van der Waals surface area contributed by atoms with Gasteiger partial charge in [0.1, 0.15) is 0 Å². The molecule has 0 amide bonds. The zero-order chi connectivity index (χ0) is 19.8. The van der Waals surface area contributed by atoms with Crippen LogP contribution in [0.15, 0.2) is 52.8 Å². The maximum Gasteiger partial charge on any atom is 0.191 e. The molecule has 2 N–H and O–H groups in total. The smallest absolute Gasteiger partial charge is 0.191 e. The molecule has 2 atom stereocenters. The second kappa shape index (κ2) is 10.5. The summed E-state index contributed by atoms with van der Waals surface area (Å²) in [5, 5.41) is 9.21. The number of likely N-dealkylation sites (tertiary alicyclic amines) is 1. The molecule has 0 bridgehead atoms. The number of para-hydroxylation sites is 1. The average molecular weight is 400 g/mol. The Morgan fingerprint density at radius 1 is 1.21 bits per heavy atom. The Labute approximate surface area is 173 Å². The summed E-state index contributed by atoms with van der Waals surface area (Å²) >= 11 is 1.87. The minimum Gasteiger partial charge on any atom is -0.373 e. The summed E-state index contributed by atoms with van der Waals surface area (Å²) < 4.78 is 0. The lowest BCUT2D eigenvalue weighted by atomic mass is 9.88. The number of guanidine groups is 1. The van der Waals surface area contributed by atoms with E-state index in [0.29, 0.717) is 12.0 Å². The number of aliphatic imine (C=N–C) groups is 1. The van der Waals surface area contributed by atoms with Crippen molar-refractivity contribution in [3.8, 4) is 0 Å². The Bertz CT molecular complexity index is 716. The Kier molecular flexibility index (Phi) is 7.74. The van der Waals surface area contributed by atoms with Crippen molar-refractivity contribution in [3.63, 3.8) is 0 Å². The van der Waals surface area contributed by atoms with Crippen LogP contribution in [0.2, 0.25) is 0 Å². The maximum absolute atomic E-state index is 4.41. The highest BCUT2D eigenvalue weighted by Crippen LogP contribution is 2.36. The van der Waals surface area contributed by atoms with Crippen molar-refractivity contribution in [2.75, 3.05) is 52.2 Å². The first kappa shape index (κ1) is 20.7. The molecule has 152 valence electrons. The largest absolute Gasteiger partial charge is 0.373 e. The zero-order valence-electron chi connectivity index (χ0n) is 17.3. The molecular weight excluding hydrogens is 366 g/mol. The summed E-state index contributed by atoms with van der Waals surface area (Å²) in [5.41, 5.74) is 1.23. The molecule has 2 unspecified atom stereocenters. The lowest BCUT2D eigenvalue weighted by Gasteiger charge is -2.39. The molecule has 2 heterocycles. The lowest BCUT2D eigenvalue weighted by molar-refractivity contribution is 0.125. The summed E-state index contributed by atoms with van der Waals surface area (Å²) in [5.74, 6) is 1.49. The molecular formula is C22H33N5S. The van der Waals surface area contributed by atoms with Gasteiger partial charge in [-0.25, -0.2) is 0 Å². The van der Waals surface area contributed by atoms with Gasteiger partial charge in [0.05, 0.1) is 0 Å². The molecule has 1 aromatic heterocycles. The molecule has 28 heavy (non-hydrogen) atoms. The van der Waals surface area contributed by atoms with E-state index in [9.17, 15) is 0 Å². The van der Waals surface area contributed by atoms with E-state index in [2.05, 4.69) is 81.3 Å². The van der Waals surface area contributed by atoms with Gasteiger partial charge in [-0.2, -0.15) is 0 Å². The molecule has 0 spiro atoms. The first-order valence-electron chi connectivity index (χ1n) is 10.1. The fourth-order valence-electron chi connectivity index (χ4n) is 3.98. The van der Waals surface area contributed by atoms with E-state index in [1.54, 1.807) is 0 Å².